The van der Waals surface area contributed by atoms with Crippen LogP contribution in [0.4, 0.5) is 4.39 Å². The van der Waals surface area contributed by atoms with E-state index in [-0.39, 0.29) is 10.9 Å². The van der Waals surface area contributed by atoms with E-state index in [1.54, 1.807) is 6.92 Å². The average molecular weight is 287 g/mol. The van der Waals surface area contributed by atoms with Crippen molar-refractivity contribution in [1.29, 1.82) is 0 Å². The molecule has 2 atom stereocenters. The summed E-state index contributed by atoms with van der Waals surface area (Å²) in [4.78, 5) is 11.7. The van der Waals surface area contributed by atoms with Crippen LogP contribution < -0.4 is 5.32 Å². The van der Waals surface area contributed by atoms with E-state index < -0.39 is 26.8 Å². The first-order valence-corrected chi connectivity index (χ1v) is 7.63. The van der Waals surface area contributed by atoms with Crippen molar-refractivity contribution >= 4 is 15.7 Å². The molecule has 19 heavy (non-hydrogen) atoms. The molecule has 1 aromatic carbocycles. The van der Waals surface area contributed by atoms with Gasteiger partial charge in [0.25, 0.3) is 0 Å². The van der Waals surface area contributed by atoms with Gasteiger partial charge in [0.1, 0.15) is 11.1 Å². The molecular weight excluding hydrogens is 269 g/mol. The molecule has 1 aromatic rings. The van der Waals surface area contributed by atoms with Gasteiger partial charge < -0.3 is 5.32 Å². The maximum Gasteiger partial charge on any atom is 0.238 e. The summed E-state index contributed by atoms with van der Waals surface area (Å²) < 4.78 is 37.4. The summed E-state index contributed by atoms with van der Waals surface area (Å²) in [5.74, 6) is -1.21. The van der Waals surface area contributed by atoms with Gasteiger partial charge in [0.15, 0.2) is 9.84 Å². The number of amides is 1. The van der Waals surface area contributed by atoms with Crippen LogP contribution in [0.25, 0.3) is 0 Å². The molecule has 0 aliphatic carbocycles. The lowest BCUT2D eigenvalue weighted by molar-refractivity contribution is -0.121. The molecule has 6 heteroatoms. The fourth-order valence-electron chi connectivity index (χ4n) is 1.45. The smallest absolute Gasteiger partial charge is 0.238 e. The van der Waals surface area contributed by atoms with Crippen molar-refractivity contribution in [3.63, 3.8) is 0 Å². The van der Waals surface area contributed by atoms with E-state index in [0.29, 0.717) is 6.42 Å². The zero-order valence-corrected chi connectivity index (χ0v) is 12.0. The fourth-order valence-corrected chi connectivity index (χ4v) is 2.75. The number of rotatable bonds is 5. The van der Waals surface area contributed by atoms with E-state index in [4.69, 9.17) is 0 Å². The third kappa shape index (κ3) is 3.76. The monoisotopic (exact) mass is 287 g/mol. The zero-order chi connectivity index (χ0) is 14.6. The van der Waals surface area contributed by atoms with Gasteiger partial charge in [-0.2, -0.15) is 0 Å². The first-order chi connectivity index (χ1) is 8.78. The maximum absolute atomic E-state index is 13.1. The summed E-state index contributed by atoms with van der Waals surface area (Å²) in [7, 11) is -3.87. The van der Waals surface area contributed by atoms with E-state index >= 15 is 0 Å². The topological polar surface area (TPSA) is 63.2 Å². The zero-order valence-electron chi connectivity index (χ0n) is 11.2. The van der Waals surface area contributed by atoms with Gasteiger partial charge in [-0.3, -0.25) is 4.79 Å². The normalized spacial score (nSPS) is 14.7. The molecule has 0 fully saturated rings. The summed E-state index contributed by atoms with van der Waals surface area (Å²) in [6.45, 7) is 4.98. The molecule has 0 aliphatic heterocycles. The first kappa shape index (κ1) is 15.6. The molecule has 0 saturated heterocycles. The Kier molecular flexibility index (Phi) is 5.05. The Morgan fingerprint density at radius 1 is 1.37 bits per heavy atom. The molecule has 0 aliphatic rings. The van der Waals surface area contributed by atoms with Crippen LogP contribution in [0.5, 0.6) is 0 Å². The second kappa shape index (κ2) is 6.14. The van der Waals surface area contributed by atoms with E-state index in [1.165, 1.54) is 19.1 Å². The second-order valence-corrected chi connectivity index (χ2v) is 6.73. The Balaban J connectivity index is 2.97. The van der Waals surface area contributed by atoms with Crippen molar-refractivity contribution < 1.29 is 17.6 Å². The third-order valence-electron chi connectivity index (χ3n) is 2.96. The minimum atomic E-state index is -3.87. The highest BCUT2D eigenvalue weighted by Crippen LogP contribution is 2.17. The van der Waals surface area contributed by atoms with E-state index in [2.05, 4.69) is 5.32 Å². The number of nitrogens with one attached hydrogen (secondary N) is 1. The van der Waals surface area contributed by atoms with Crippen LogP contribution in [-0.4, -0.2) is 25.6 Å². The van der Waals surface area contributed by atoms with Crippen molar-refractivity contribution in [2.75, 3.05) is 0 Å². The van der Waals surface area contributed by atoms with Crippen LogP contribution in [0.3, 0.4) is 0 Å². The molecule has 2 unspecified atom stereocenters. The predicted molar refractivity (Wildman–Crippen MR) is 70.9 cm³/mol. The lowest BCUT2D eigenvalue weighted by atomic mass is 10.2. The van der Waals surface area contributed by atoms with Gasteiger partial charge in [-0.1, -0.05) is 13.0 Å². The quantitative estimate of drug-likeness (QED) is 0.899. The number of halogens is 1. The lowest BCUT2D eigenvalue weighted by Crippen LogP contribution is -2.42. The molecule has 0 saturated carbocycles. The number of hydrogen-bond donors (Lipinski definition) is 1. The van der Waals surface area contributed by atoms with Gasteiger partial charge in [-0.25, -0.2) is 12.8 Å². The molecule has 0 bridgehead atoms. The first-order valence-electron chi connectivity index (χ1n) is 6.09. The van der Waals surface area contributed by atoms with Gasteiger partial charge >= 0.3 is 0 Å². The van der Waals surface area contributed by atoms with Crippen LogP contribution in [0.1, 0.15) is 27.2 Å². The molecular formula is C13H18FNO3S. The van der Waals surface area contributed by atoms with Crippen LogP contribution in [-0.2, 0) is 14.6 Å². The summed E-state index contributed by atoms with van der Waals surface area (Å²) in [6.07, 6.45) is 0.707. The number of benzene rings is 1. The highest BCUT2D eigenvalue weighted by molar-refractivity contribution is 7.92. The van der Waals surface area contributed by atoms with E-state index in [9.17, 15) is 17.6 Å². The number of sulfone groups is 1. The fraction of sp³-hybridized carbons (Fsp3) is 0.462. The summed E-state index contributed by atoms with van der Waals surface area (Å²) in [5.41, 5.74) is 0. The summed E-state index contributed by atoms with van der Waals surface area (Å²) in [5, 5.41) is 1.36. The van der Waals surface area contributed by atoms with Crippen LogP contribution in [0.15, 0.2) is 29.2 Å². The Morgan fingerprint density at radius 3 is 2.53 bits per heavy atom. The second-order valence-electron chi connectivity index (χ2n) is 4.46. The van der Waals surface area contributed by atoms with Gasteiger partial charge in [0.2, 0.25) is 5.91 Å². The summed E-state index contributed by atoms with van der Waals surface area (Å²) in [6, 6.07) is 4.57. The standard InChI is InChI=1S/C13H18FNO3S/c1-4-9(2)15-13(16)10(3)19(17,18)12-7-5-6-11(14)8-12/h5-10H,4H2,1-3H3,(H,15,16). The van der Waals surface area contributed by atoms with Crippen LogP contribution in [0.2, 0.25) is 0 Å². The lowest BCUT2D eigenvalue weighted by Gasteiger charge is -2.16. The summed E-state index contributed by atoms with van der Waals surface area (Å²) >= 11 is 0. The van der Waals surface area contributed by atoms with Gasteiger partial charge in [0, 0.05) is 6.04 Å². The highest BCUT2D eigenvalue weighted by atomic mass is 32.2. The van der Waals surface area contributed by atoms with Crippen LogP contribution >= 0.6 is 0 Å². The molecule has 1 amide bonds. The Bertz CT molecular complexity index is 557. The third-order valence-corrected chi connectivity index (χ3v) is 5.02. The molecule has 0 radical (unpaired) electrons. The van der Waals surface area contributed by atoms with Crippen molar-refractivity contribution in [1.82, 2.24) is 5.32 Å². The number of carbonyl (C=O) groups excluding carboxylic acids is 1. The number of carbonyl (C=O) groups is 1. The highest BCUT2D eigenvalue weighted by Gasteiger charge is 2.30. The minimum Gasteiger partial charge on any atom is -0.353 e. The van der Waals surface area contributed by atoms with Crippen molar-refractivity contribution in [3.05, 3.63) is 30.1 Å². The Morgan fingerprint density at radius 2 is 2.00 bits per heavy atom. The van der Waals surface area contributed by atoms with Gasteiger partial charge in [0.05, 0.1) is 4.90 Å². The molecule has 0 heterocycles. The van der Waals surface area contributed by atoms with Crippen molar-refractivity contribution in [2.45, 2.75) is 43.4 Å². The number of hydrogen-bond acceptors (Lipinski definition) is 3. The van der Waals surface area contributed by atoms with E-state index in [1.807, 2.05) is 6.92 Å². The predicted octanol–water partition coefficient (Wildman–Crippen LogP) is 1.90. The minimum absolute atomic E-state index is 0.0994. The average Bonchev–Trinajstić information content (AvgIpc) is 2.37. The molecule has 1 N–H and O–H groups in total. The van der Waals surface area contributed by atoms with Crippen molar-refractivity contribution in [3.8, 4) is 0 Å². The molecule has 0 spiro atoms. The molecule has 4 nitrogen and oxygen atoms in total. The Labute approximate surface area is 112 Å². The largest absolute Gasteiger partial charge is 0.353 e. The van der Waals surface area contributed by atoms with Gasteiger partial charge in [-0.05, 0) is 38.5 Å². The molecule has 106 valence electrons. The molecule has 1 rings (SSSR count). The van der Waals surface area contributed by atoms with E-state index in [0.717, 1.165) is 12.1 Å². The van der Waals surface area contributed by atoms with Crippen molar-refractivity contribution in [2.24, 2.45) is 0 Å². The van der Waals surface area contributed by atoms with Gasteiger partial charge in [-0.15, -0.1) is 0 Å². The van der Waals surface area contributed by atoms with Crippen LogP contribution in [0, 0.1) is 5.82 Å². The Hall–Kier alpha value is -1.43. The SMILES string of the molecule is CCC(C)NC(=O)C(C)S(=O)(=O)c1cccc(F)c1. The molecule has 0 aromatic heterocycles. The maximum atomic E-state index is 13.1.